The highest BCUT2D eigenvalue weighted by Crippen LogP contribution is 2.35. The number of carbonyl (C=O) groups is 2. The van der Waals surface area contributed by atoms with Crippen LogP contribution in [0, 0.1) is 11.8 Å². The Morgan fingerprint density at radius 3 is 0.789 bits per heavy atom. The number of benzene rings is 3. The van der Waals surface area contributed by atoms with Gasteiger partial charge in [0, 0.05) is 32.5 Å². The van der Waals surface area contributed by atoms with Crippen molar-refractivity contribution in [1.82, 2.24) is 0 Å². The zero-order chi connectivity index (χ0) is 54.0. The molecule has 0 fully saturated rings. The molecule has 3 aromatic rings. The first-order chi connectivity index (χ1) is 37.3. The van der Waals surface area contributed by atoms with Gasteiger partial charge in [0.15, 0.2) is 0 Å². The third-order valence-corrected chi connectivity index (χ3v) is 18.2. The van der Waals surface area contributed by atoms with Crippen LogP contribution in [-0.4, -0.2) is 24.9 Å². The van der Waals surface area contributed by atoms with Crippen molar-refractivity contribution in [3.05, 3.63) is 91.2 Å². The number of hydrogen-bond donors (Lipinski definition) is 0. The maximum Gasteiger partial charge on any atom is 0.259 e. The fourth-order valence-electron chi connectivity index (χ4n) is 12.4. The minimum absolute atomic E-state index is 0.113. The van der Waals surface area contributed by atoms with Gasteiger partial charge in [-0.15, -0.1) is 0 Å². The van der Waals surface area contributed by atoms with Gasteiger partial charge < -0.3 is 9.80 Å². The monoisotopic (exact) mass is 1170 g/mol. The normalized spacial score (nSPS) is 14.1. The van der Waals surface area contributed by atoms with E-state index in [-0.39, 0.29) is 11.8 Å². The summed E-state index contributed by atoms with van der Waals surface area (Å²) >= 11 is 7.38. The van der Waals surface area contributed by atoms with Gasteiger partial charge in [-0.3, -0.25) is 9.59 Å². The lowest BCUT2D eigenvalue weighted by Crippen LogP contribution is -2.35. The number of carbonyl (C=O) groups excluding carboxylic acids is 2. The highest BCUT2D eigenvalue weighted by molar-refractivity contribution is 9.10. The SMILES string of the molecule is CCCCCCCCCCCCC(CCCCCCCCCC)CN1C(=O)C(c2ccc(Br)cc2)=c2cc3c(cc21)=C(c1ccc(Br)cc1)C(=O)N3CC(CCCCCCCCCC)CCCCCCCCCCCC. The number of amides is 2. The molecule has 2 heterocycles. The number of anilines is 2. The first-order valence-electron chi connectivity index (χ1n) is 32.4. The Morgan fingerprint density at radius 2 is 0.553 bits per heavy atom. The third kappa shape index (κ3) is 22.4. The van der Waals surface area contributed by atoms with Gasteiger partial charge in [-0.2, -0.15) is 0 Å². The summed E-state index contributed by atoms with van der Waals surface area (Å²) in [5.74, 6) is 1.09. The number of hydrogen-bond acceptors (Lipinski definition) is 2. The second-order valence-corrected chi connectivity index (χ2v) is 25.5. The summed E-state index contributed by atoms with van der Waals surface area (Å²) in [6.45, 7) is 10.7. The van der Waals surface area contributed by atoms with Crippen molar-refractivity contribution in [3.63, 3.8) is 0 Å². The van der Waals surface area contributed by atoms with Gasteiger partial charge in [0.05, 0.1) is 22.5 Å². The zero-order valence-electron chi connectivity index (χ0n) is 49.1. The molecule has 0 radical (unpaired) electrons. The number of fused-ring (bicyclic) bond motifs is 2. The van der Waals surface area contributed by atoms with Gasteiger partial charge in [0.1, 0.15) is 0 Å². The molecule has 4 nitrogen and oxygen atoms in total. The van der Waals surface area contributed by atoms with Gasteiger partial charge >= 0.3 is 0 Å². The van der Waals surface area contributed by atoms with Crippen molar-refractivity contribution in [3.8, 4) is 0 Å². The smallest absolute Gasteiger partial charge is 0.259 e. The Balaban J connectivity index is 1.44. The van der Waals surface area contributed by atoms with Gasteiger partial charge in [-0.05, 0) is 85.0 Å². The van der Waals surface area contributed by atoms with E-state index in [0.717, 1.165) is 91.8 Å². The number of halogens is 2. The lowest BCUT2D eigenvalue weighted by atomic mass is 9.93. The summed E-state index contributed by atoms with van der Waals surface area (Å²) in [5, 5.41) is 1.97. The van der Waals surface area contributed by atoms with Crippen LogP contribution < -0.4 is 20.2 Å². The molecule has 2 amide bonds. The summed E-state index contributed by atoms with van der Waals surface area (Å²) in [6, 6.07) is 21.2. The Morgan fingerprint density at radius 1 is 0.329 bits per heavy atom. The molecule has 0 spiro atoms. The highest BCUT2D eigenvalue weighted by atomic mass is 79.9. The molecular weight excluding hydrogens is 1060 g/mol. The molecule has 0 aromatic heterocycles. The van der Waals surface area contributed by atoms with Crippen LogP contribution in [0.5, 0.6) is 0 Å². The summed E-state index contributed by atoms with van der Waals surface area (Å²) in [5.41, 5.74) is 5.42. The molecule has 2 aliphatic heterocycles. The van der Waals surface area contributed by atoms with Crippen molar-refractivity contribution in [2.24, 2.45) is 11.8 Å². The van der Waals surface area contributed by atoms with E-state index >= 15 is 9.59 Å². The fraction of sp³-hybridized carbons (Fsp3) is 0.686. The summed E-state index contributed by atoms with van der Waals surface area (Å²) in [6.07, 6.45) is 52.4. The van der Waals surface area contributed by atoms with Crippen LogP contribution in [0.4, 0.5) is 11.4 Å². The molecule has 2 aliphatic rings. The molecule has 6 heteroatoms. The Bertz CT molecular complexity index is 2030. The molecule has 0 N–H and O–H groups in total. The van der Waals surface area contributed by atoms with E-state index in [2.05, 4.69) is 130 Å². The van der Waals surface area contributed by atoms with E-state index in [4.69, 9.17) is 0 Å². The zero-order valence-corrected chi connectivity index (χ0v) is 52.3. The van der Waals surface area contributed by atoms with Crippen molar-refractivity contribution in [2.45, 2.75) is 285 Å². The predicted molar refractivity (Wildman–Crippen MR) is 338 cm³/mol. The average molecular weight is 1170 g/mol. The van der Waals surface area contributed by atoms with Crippen molar-refractivity contribution in [2.75, 3.05) is 22.9 Å². The molecule has 0 aliphatic carbocycles. The number of nitrogens with zero attached hydrogens (tertiary/aromatic N) is 2. The molecular formula is C70H108Br2N2O2. The molecule has 0 bridgehead atoms. The van der Waals surface area contributed by atoms with Gasteiger partial charge in [0.25, 0.3) is 11.8 Å². The number of unbranched alkanes of at least 4 members (excludes halogenated alkanes) is 32. The van der Waals surface area contributed by atoms with E-state index in [1.807, 2.05) is 0 Å². The average Bonchev–Trinajstić information content (AvgIpc) is 3.90. The molecule has 0 saturated carbocycles. The van der Waals surface area contributed by atoms with E-state index < -0.39 is 0 Å². The molecule has 3 aromatic carbocycles. The Hall–Kier alpha value is -2.70. The first-order valence-corrected chi connectivity index (χ1v) is 34.0. The van der Waals surface area contributed by atoms with Crippen LogP contribution >= 0.6 is 31.9 Å². The lowest BCUT2D eigenvalue weighted by molar-refractivity contribution is -0.114. The Labute approximate surface area is 483 Å². The third-order valence-electron chi connectivity index (χ3n) is 17.2. The topological polar surface area (TPSA) is 40.6 Å². The Kier molecular flexibility index (Phi) is 32.8. The minimum Gasteiger partial charge on any atom is -0.307 e. The van der Waals surface area contributed by atoms with Crippen molar-refractivity contribution in [1.29, 1.82) is 0 Å². The largest absolute Gasteiger partial charge is 0.307 e. The van der Waals surface area contributed by atoms with Gasteiger partial charge in [-0.1, -0.05) is 315 Å². The molecule has 2 atom stereocenters. The van der Waals surface area contributed by atoms with Crippen LogP contribution in [0.3, 0.4) is 0 Å². The van der Waals surface area contributed by atoms with E-state index in [0.29, 0.717) is 11.8 Å². The fourth-order valence-corrected chi connectivity index (χ4v) is 13.0. The second-order valence-electron chi connectivity index (χ2n) is 23.7. The molecule has 2 unspecified atom stereocenters. The standard InChI is InChI=1S/C70H108Br2N2O2/c1-5-9-13-17-21-25-27-31-35-39-43-57(41-37-33-29-23-19-15-11-7-3)55-73-65-53-64-66(54-63(65)67(69(73)75)59-45-49-61(71)50-46-59)74(70(76)68(64)60-47-51-62(72)52-48-60)56-58(42-38-34-30-24-20-16-12-8-4)44-40-36-32-28-26-22-18-14-10-6-2/h45-54,57-58H,5-44,55-56H2,1-4H3. The molecule has 0 saturated heterocycles. The molecule has 5 rings (SSSR count). The molecule has 76 heavy (non-hydrogen) atoms. The number of rotatable bonds is 46. The lowest BCUT2D eigenvalue weighted by Gasteiger charge is -2.27. The van der Waals surface area contributed by atoms with Crippen molar-refractivity contribution >= 4 is 66.2 Å². The highest BCUT2D eigenvalue weighted by Gasteiger charge is 2.37. The van der Waals surface area contributed by atoms with E-state index in [1.54, 1.807) is 0 Å². The summed E-state index contributed by atoms with van der Waals surface area (Å²) in [4.78, 5) is 35.0. The van der Waals surface area contributed by atoms with Gasteiger partial charge in [-0.25, -0.2) is 0 Å². The van der Waals surface area contributed by atoms with Crippen LogP contribution in [0.2, 0.25) is 0 Å². The van der Waals surface area contributed by atoms with Crippen LogP contribution in [0.15, 0.2) is 69.6 Å². The van der Waals surface area contributed by atoms with Crippen molar-refractivity contribution < 1.29 is 9.59 Å². The minimum atomic E-state index is 0.113. The maximum atomic E-state index is 15.4. The van der Waals surface area contributed by atoms with Crippen LogP contribution in [0.1, 0.15) is 296 Å². The van der Waals surface area contributed by atoms with Crippen LogP contribution in [0.25, 0.3) is 11.1 Å². The predicted octanol–water partition coefficient (Wildman–Crippen LogP) is 21.2. The maximum absolute atomic E-state index is 15.4. The summed E-state index contributed by atoms with van der Waals surface area (Å²) in [7, 11) is 0. The first kappa shape index (κ1) is 64.1. The quantitative estimate of drug-likeness (QED) is 0.0529. The molecule has 424 valence electrons. The van der Waals surface area contributed by atoms with E-state index in [9.17, 15) is 0 Å². The van der Waals surface area contributed by atoms with Crippen LogP contribution in [-0.2, 0) is 9.59 Å². The van der Waals surface area contributed by atoms with E-state index in [1.165, 1.54) is 231 Å². The summed E-state index contributed by atoms with van der Waals surface area (Å²) < 4.78 is 2.01. The second kappa shape index (κ2) is 38.8. The van der Waals surface area contributed by atoms with Gasteiger partial charge in [0.2, 0.25) is 0 Å².